The van der Waals surface area contributed by atoms with Crippen molar-refractivity contribution in [3.8, 4) is 0 Å². The van der Waals surface area contributed by atoms with E-state index in [4.69, 9.17) is 9.47 Å². The quantitative estimate of drug-likeness (QED) is 0.0376. The summed E-state index contributed by atoms with van der Waals surface area (Å²) in [5, 5.41) is 9.67. The second kappa shape index (κ2) is 54.0. The average Bonchev–Trinajstić information content (AvgIpc) is 3.25. The van der Waals surface area contributed by atoms with Crippen LogP contribution in [0.4, 0.5) is 0 Å². The first-order valence-corrected chi connectivity index (χ1v) is 27.4. The van der Waals surface area contributed by atoms with Crippen molar-refractivity contribution in [1.29, 1.82) is 0 Å². The minimum Gasteiger partial charge on any atom is -0.457 e. The zero-order chi connectivity index (χ0) is 43.3. The Morgan fingerprint density at radius 2 is 0.700 bits per heavy atom. The molecule has 0 aromatic heterocycles. The summed E-state index contributed by atoms with van der Waals surface area (Å²) in [5.41, 5.74) is 0. The molecular weight excluding hydrogens is 737 g/mol. The molecular formula is C56H108O4. The number of allylic oxidation sites excluding steroid dienone is 4. The van der Waals surface area contributed by atoms with Crippen LogP contribution in [-0.4, -0.2) is 37.0 Å². The Morgan fingerprint density at radius 3 is 1.03 bits per heavy atom. The van der Waals surface area contributed by atoms with Gasteiger partial charge >= 0.3 is 5.97 Å². The molecule has 0 bridgehead atoms. The Morgan fingerprint density at radius 1 is 0.400 bits per heavy atom. The number of unbranched alkanes of at least 4 members (excludes halogenated alkanes) is 40. The van der Waals surface area contributed by atoms with E-state index in [-0.39, 0.29) is 12.6 Å². The van der Waals surface area contributed by atoms with Gasteiger partial charge in [-0.1, -0.05) is 276 Å². The van der Waals surface area contributed by atoms with Crippen LogP contribution in [0.3, 0.4) is 0 Å². The fourth-order valence-corrected chi connectivity index (χ4v) is 8.42. The Labute approximate surface area is 377 Å². The maximum absolute atomic E-state index is 12.3. The van der Waals surface area contributed by atoms with Crippen LogP contribution in [0.1, 0.15) is 303 Å². The lowest BCUT2D eigenvalue weighted by molar-refractivity contribution is -0.154. The highest BCUT2D eigenvalue weighted by Crippen LogP contribution is 2.17. The summed E-state index contributed by atoms with van der Waals surface area (Å²) in [6.45, 7) is 5.39. The first kappa shape index (κ1) is 58.9. The van der Waals surface area contributed by atoms with E-state index in [0.717, 1.165) is 25.7 Å². The molecule has 0 amide bonds. The van der Waals surface area contributed by atoms with Gasteiger partial charge in [0.15, 0.2) is 0 Å². The monoisotopic (exact) mass is 845 g/mol. The molecule has 0 saturated carbocycles. The van der Waals surface area contributed by atoms with Gasteiger partial charge in [-0.05, 0) is 44.9 Å². The van der Waals surface area contributed by atoms with Gasteiger partial charge in [-0.3, -0.25) is 4.79 Å². The average molecular weight is 845 g/mol. The molecule has 60 heavy (non-hydrogen) atoms. The summed E-state index contributed by atoms with van der Waals surface area (Å²) in [6.07, 6.45) is 68.6. The molecule has 0 saturated heterocycles. The zero-order valence-corrected chi connectivity index (χ0v) is 41.0. The number of hydrogen-bond donors (Lipinski definition) is 1. The van der Waals surface area contributed by atoms with Crippen LogP contribution >= 0.6 is 0 Å². The zero-order valence-electron chi connectivity index (χ0n) is 41.0. The first-order valence-electron chi connectivity index (χ1n) is 27.4. The molecule has 1 N–H and O–H groups in total. The molecule has 0 aromatic rings. The maximum Gasteiger partial charge on any atom is 0.306 e. The third kappa shape index (κ3) is 51.2. The highest BCUT2D eigenvalue weighted by molar-refractivity contribution is 5.69. The normalized spacial score (nSPS) is 12.4. The van der Waals surface area contributed by atoms with E-state index in [0.29, 0.717) is 19.6 Å². The Bertz CT molecular complexity index is 852. The molecule has 0 radical (unpaired) electrons. The molecule has 0 heterocycles. The summed E-state index contributed by atoms with van der Waals surface area (Å²) in [7, 11) is 0. The first-order chi connectivity index (χ1) is 29.7. The topological polar surface area (TPSA) is 55.8 Å². The minimum absolute atomic E-state index is 0.166. The molecule has 0 fully saturated rings. The Hall–Kier alpha value is -1.13. The Kier molecular flexibility index (Phi) is 53.0. The third-order valence-corrected chi connectivity index (χ3v) is 12.5. The third-order valence-electron chi connectivity index (χ3n) is 12.5. The summed E-state index contributed by atoms with van der Waals surface area (Å²) < 4.78 is 11.2. The predicted molar refractivity (Wildman–Crippen MR) is 265 cm³/mol. The van der Waals surface area contributed by atoms with Crippen molar-refractivity contribution in [2.24, 2.45) is 0 Å². The van der Waals surface area contributed by atoms with Crippen LogP contribution in [0.5, 0.6) is 0 Å². The van der Waals surface area contributed by atoms with Crippen molar-refractivity contribution in [3.05, 3.63) is 24.3 Å². The van der Waals surface area contributed by atoms with Crippen molar-refractivity contribution in [1.82, 2.24) is 0 Å². The molecule has 0 aliphatic rings. The van der Waals surface area contributed by atoms with Gasteiger partial charge in [-0.15, -0.1) is 0 Å². The van der Waals surface area contributed by atoms with Crippen LogP contribution in [0.2, 0.25) is 0 Å². The SMILES string of the molecule is CCCCCCC/C=C\C/C=C\CCCCCCCCCCCCCCCCOCC(CO)OC(=O)CCCCCCCCCCCCCCCCCCCCCCCC. The summed E-state index contributed by atoms with van der Waals surface area (Å²) in [5.74, 6) is -0.192. The van der Waals surface area contributed by atoms with E-state index in [1.807, 2.05) is 0 Å². The van der Waals surface area contributed by atoms with Gasteiger partial charge in [0.2, 0.25) is 0 Å². The van der Waals surface area contributed by atoms with Crippen LogP contribution in [0.15, 0.2) is 24.3 Å². The van der Waals surface area contributed by atoms with Gasteiger partial charge in [0.05, 0.1) is 13.2 Å². The fraction of sp³-hybridized carbons (Fsp3) is 0.911. The number of hydrogen-bond acceptors (Lipinski definition) is 4. The van der Waals surface area contributed by atoms with Crippen molar-refractivity contribution in [2.45, 2.75) is 309 Å². The predicted octanol–water partition coefficient (Wildman–Crippen LogP) is 18.6. The van der Waals surface area contributed by atoms with Crippen LogP contribution in [0, 0.1) is 0 Å². The Balaban J connectivity index is 3.35. The van der Waals surface area contributed by atoms with E-state index in [9.17, 15) is 9.90 Å². The van der Waals surface area contributed by atoms with E-state index >= 15 is 0 Å². The van der Waals surface area contributed by atoms with Gasteiger partial charge < -0.3 is 14.6 Å². The molecule has 356 valence electrons. The number of ether oxygens (including phenoxy) is 2. The molecule has 0 aromatic carbocycles. The molecule has 0 aliphatic carbocycles. The highest BCUT2D eigenvalue weighted by atomic mass is 16.6. The standard InChI is InChI=1S/C56H108O4/c1-3-5-7-9-11-13-15-17-19-21-23-25-27-28-29-30-32-34-36-38-40-42-44-46-48-50-52-59-54-55(53-57)60-56(58)51-49-47-45-43-41-39-37-35-33-31-26-24-22-20-18-16-14-12-10-8-6-4-2/h15,17,21,23,55,57H,3-14,16,18-20,22,24-54H2,1-2H3/b17-15-,23-21-. The van der Waals surface area contributed by atoms with Crippen molar-refractivity contribution < 1.29 is 19.4 Å². The summed E-state index contributed by atoms with van der Waals surface area (Å²) in [4.78, 5) is 12.3. The van der Waals surface area contributed by atoms with Crippen molar-refractivity contribution >= 4 is 5.97 Å². The van der Waals surface area contributed by atoms with Crippen LogP contribution in [-0.2, 0) is 14.3 Å². The lowest BCUT2D eigenvalue weighted by Gasteiger charge is -2.16. The molecule has 0 aliphatic heterocycles. The van der Waals surface area contributed by atoms with Crippen molar-refractivity contribution in [3.63, 3.8) is 0 Å². The number of carbonyl (C=O) groups is 1. The van der Waals surface area contributed by atoms with E-state index in [1.165, 1.54) is 257 Å². The number of esters is 1. The van der Waals surface area contributed by atoms with Crippen LogP contribution in [0.25, 0.3) is 0 Å². The molecule has 0 spiro atoms. The number of aliphatic hydroxyl groups is 1. The lowest BCUT2D eigenvalue weighted by atomic mass is 10.0. The van der Waals surface area contributed by atoms with E-state index in [2.05, 4.69) is 38.2 Å². The second-order valence-electron chi connectivity index (χ2n) is 18.7. The molecule has 0 rings (SSSR count). The van der Waals surface area contributed by atoms with Gasteiger partial charge in [0, 0.05) is 13.0 Å². The summed E-state index contributed by atoms with van der Waals surface area (Å²) in [6, 6.07) is 0. The molecule has 1 unspecified atom stereocenters. The smallest absolute Gasteiger partial charge is 0.306 e. The van der Waals surface area contributed by atoms with Gasteiger partial charge in [-0.25, -0.2) is 0 Å². The van der Waals surface area contributed by atoms with Crippen molar-refractivity contribution in [2.75, 3.05) is 19.8 Å². The number of rotatable bonds is 52. The summed E-state index contributed by atoms with van der Waals surface area (Å²) >= 11 is 0. The number of aliphatic hydroxyl groups excluding tert-OH is 1. The van der Waals surface area contributed by atoms with E-state index < -0.39 is 6.10 Å². The largest absolute Gasteiger partial charge is 0.457 e. The molecule has 1 atom stereocenters. The fourth-order valence-electron chi connectivity index (χ4n) is 8.42. The number of carbonyl (C=O) groups excluding carboxylic acids is 1. The molecule has 4 nitrogen and oxygen atoms in total. The highest BCUT2D eigenvalue weighted by Gasteiger charge is 2.13. The lowest BCUT2D eigenvalue weighted by Crippen LogP contribution is -2.27. The maximum atomic E-state index is 12.3. The minimum atomic E-state index is -0.531. The van der Waals surface area contributed by atoms with Gasteiger partial charge in [0.25, 0.3) is 0 Å². The second-order valence-corrected chi connectivity index (χ2v) is 18.7. The van der Waals surface area contributed by atoms with Gasteiger partial charge in [-0.2, -0.15) is 0 Å². The van der Waals surface area contributed by atoms with Crippen LogP contribution < -0.4 is 0 Å². The van der Waals surface area contributed by atoms with E-state index in [1.54, 1.807) is 0 Å². The van der Waals surface area contributed by atoms with Gasteiger partial charge in [0.1, 0.15) is 6.10 Å². The molecule has 4 heteroatoms.